The van der Waals surface area contributed by atoms with Crippen LogP contribution in [0.3, 0.4) is 0 Å². The van der Waals surface area contributed by atoms with E-state index in [9.17, 15) is 0 Å². The summed E-state index contributed by atoms with van der Waals surface area (Å²) in [7, 11) is 0. The number of fused-ring (bicyclic) bond motifs is 6. The molecular weight excluding hydrogens is 685 g/mol. The lowest BCUT2D eigenvalue weighted by molar-refractivity contribution is 0.670. The molecule has 0 saturated carbocycles. The van der Waals surface area contributed by atoms with Crippen molar-refractivity contribution in [3.05, 3.63) is 194 Å². The predicted molar refractivity (Wildman–Crippen MR) is 229 cm³/mol. The van der Waals surface area contributed by atoms with Crippen molar-refractivity contribution in [2.45, 2.75) is 0 Å². The molecule has 11 aromatic rings. The number of nitrogens with zero attached hydrogens (tertiary/aromatic N) is 4. The summed E-state index contributed by atoms with van der Waals surface area (Å²) in [6.07, 6.45) is 0. The van der Waals surface area contributed by atoms with Crippen LogP contribution in [0.4, 0.5) is 0 Å². The van der Waals surface area contributed by atoms with Crippen LogP contribution in [0, 0.1) is 0 Å². The maximum Gasteiger partial charge on any atom is 0.164 e. The van der Waals surface area contributed by atoms with Crippen LogP contribution in [0.5, 0.6) is 0 Å². The van der Waals surface area contributed by atoms with E-state index in [1.807, 2.05) is 48.5 Å². The maximum absolute atomic E-state index is 6.43. The monoisotopic (exact) mass is 716 g/mol. The fourth-order valence-corrected chi connectivity index (χ4v) is 7.97. The number of hydrogen-bond acceptors (Lipinski definition) is 4. The highest BCUT2D eigenvalue weighted by molar-refractivity contribution is 6.13. The Morgan fingerprint density at radius 3 is 1.68 bits per heavy atom. The van der Waals surface area contributed by atoms with Gasteiger partial charge in [0.15, 0.2) is 17.5 Å². The second-order valence-electron chi connectivity index (χ2n) is 14.0. The van der Waals surface area contributed by atoms with Gasteiger partial charge in [-0.15, -0.1) is 0 Å². The molecule has 0 radical (unpaired) electrons. The van der Waals surface area contributed by atoms with E-state index in [4.69, 9.17) is 19.4 Å². The fourth-order valence-electron chi connectivity index (χ4n) is 7.97. The van der Waals surface area contributed by atoms with Crippen LogP contribution in [0.15, 0.2) is 199 Å². The summed E-state index contributed by atoms with van der Waals surface area (Å²) in [5.74, 6) is 1.89. The Morgan fingerprint density at radius 1 is 0.339 bits per heavy atom. The average molecular weight is 717 g/mol. The molecule has 262 valence electrons. The largest absolute Gasteiger partial charge is 0.455 e. The van der Waals surface area contributed by atoms with Gasteiger partial charge in [0.1, 0.15) is 11.2 Å². The van der Waals surface area contributed by atoms with E-state index in [-0.39, 0.29) is 0 Å². The topological polar surface area (TPSA) is 56.7 Å². The van der Waals surface area contributed by atoms with Crippen molar-refractivity contribution in [2.75, 3.05) is 0 Å². The molecule has 0 amide bonds. The van der Waals surface area contributed by atoms with Crippen LogP contribution in [-0.2, 0) is 0 Å². The number of hydrogen-bond donors (Lipinski definition) is 0. The van der Waals surface area contributed by atoms with Gasteiger partial charge in [0, 0.05) is 49.5 Å². The van der Waals surface area contributed by atoms with Gasteiger partial charge in [-0.05, 0) is 71.3 Å². The predicted octanol–water partition coefficient (Wildman–Crippen LogP) is 13.2. The molecule has 56 heavy (non-hydrogen) atoms. The Hall–Kier alpha value is -7.63. The van der Waals surface area contributed by atoms with Gasteiger partial charge in [-0.3, -0.25) is 0 Å². The van der Waals surface area contributed by atoms with Gasteiger partial charge < -0.3 is 8.98 Å². The van der Waals surface area contributed by atoms with Crippen LogP contribution >= 0.6 is 0 Å². The van der Waals surface area contributed by atoms with Crippen molar-refractivity contribution < 1.29 is 4.42 Å². The Kier molecular flexibility index (Phi) is 7.42. The first-order chi connectivity index (χ1) is 27.7. The molecule has 0 bridgehead atoms. The Labute approximate surface area is 322 Å². The van der Waals surface area contributed by atoms with Gasteiger partial charge in [0.25, 0.3) is 0 Å². The van der Waals surface area contributed by atoms with Gasteiger partial charge in [-0.25, -0.2) is 15.0 Å². The van der Waals surface area contributed by atoms with Gasteiger partial charge in [-0.2, -0.15) is 0 Å². The number of furan rings is 1. The van der Waals surface area contributed by atoms with Gasteiger partial charge in [0.2, 0.25) is 0 Å². The number of aromatic nitrogens is 4. The Balaban J connectivity index is 1.01. The lowest BCUT2D eigenvalue weighted by atomic mass is 10.0. The Morgan fingerprint density at radius 2 is 0.893 bits per heavy atom. The lowest BCUT2D eigenvalue weighted by Gasteiger charge is -2.11. The van der Waals surface area contributed by atoms with Crippen molar-refractivity contribution in [2.24, 2.45) is 0 Å². The van der Waals surface area contributed by atoms with Crippen molar-refractivity contribution in [1.29, 1.82) is 0 Å². The molecule has 0 saturated heterocycles. The molecule has 5 nitrogen and oxygen atoms in total. The fraction of sp³-hybridized carbons (Fsp3) is 0. The average Bonchev–Trinajstić information content (AvgIpc) is 3.83. The van der Waals surface area contributed by atoms with E-state index >= 15 is 0 Å². The van der Waals surface area contributed by atoms with Crippen molar-refractivity contribution >= 4 is 43.7 Å². The number of rotatable bonds is 6. The van der Waals surface area contributed by atoms with Crippen molar-refractivity contribution in [3.63, 3.8) is 0 Å². The highest BCUT2D eigenvalue weighted by Gasteiger charge is 2.18. The van der Waals surface area contributed by atoms with E-state index in [0.717, 1.165) is 77.6 Å². The molecule has 0 aliphatic rings. The third-order valence-electron chi connectivity index (χ3n) is 10.7. The SMILES string of the molecule is c1ccc(-c2cccc(-c3nc(-c4ccccc4)nc(-c4ccc(-n5c6ccccc6c6cc(-c7cccc8c7oc7ccccc78)ccc65)cc4)n3)c2)cc1. The zero-order valence-electron chi connectivity index (χ0n) is 30.2. The molecule has 0 aliphatic heterocycles. The minimum atomic E-state index is 0.622. The summed E-state index contributed by atoms with van der Waals surface area (Å²) in [6.45, 7) is 0. The van der Waals surface area contributed by atoms with E-state index in [0.29, 0.717) is 17.5 Å². The summed E-state index contributed by atoms with van der Waals surface area (Å²) in [5, 5.41) is 4.63. The molecule has 0 fully saturated rings. The minimum absolute atomic E-state index is 0.622. The van der Waals surface area contributed by atoms with Crippen molar-refractivity contribution in [3.8, 4) is 62.1 Å². The zero-order valence-corrected chi connectivity index (χ0v) is 30.2. The van der Waals surface area contributed by atoms with Crippen LogP contribution in [0.2, 0.25) is 0 Å². The van der Waals surface area contributed by atoms with Gasteiger partial charge in [0.05, 0.1) is 11.0 Å². The molecule has 5 heteroatoms. The Bertz CT molecular complexity index is 3240. The van der Waals surface area contributed by atoms with Crippen LogP contribution < -0.4 is 0 Å². The molecule has 3 aromatic heterocycles. The standard InChI is InChI=1S/C51H32N4O/c1-3-13-33(14-4-1)36-17-11-18-38(31-36)51-53-49(34-15-5-2-6-16-34)52-50(54-51)35-25-28-39(29-26-35)55-45-23-9-7-19-41(45)44-32-37(27-30-46(44)55)40-21-12-22-43-42-20-8-10-24-47(42)56-48(40)43/h1-32H. The quantitative estimate of drug-likeness (QED) is 0.172. The minimum Gasteiger partial charge on any atom is -0.455 e. The van der Waals surface area contributed by atoms with Gasteiger partial charge >= 0.3 is 0 Å². The highest BCUT2D eigenvalue weighted by atomic mass is 16.3. The zero-order chi connectivity index (χ0) is 37.0. The van der Waals surface area contributed by atoms with E-state index in [1.165, 1.54) is 10.8 Å². The first kappa shape index (κ1) is 31.9. The molecular formula is C51H32N4O. The van der Waals surface area contributed by atoms with E-state index in [2.05, 4.69) is 150 Å². The summed E-state index contributed by atoms with van der Waals surface area (Å²) in [6, 6.07) is 67.4. The smallest absolute Gasteiger partial charge is 0.164 e. The van der Waals surface area contributed by atoms with Crippen LogP contribution in [0.25, 0.3) is 106 Å². The molecule has 11 rings (SSSR count). The molecule has 0 unspecified atom stereocenters. The first-order valence-corrected chi connectivity index (χ1v) is 18.8. The van der Waals surface area contributed by atoms with E-state index < -0.39 is 0 Å². The molecule has 0 N–H and O–H groups in total. The van der Waals surface area contributed by atoms with Gasteiger partial charge in [-0.1, -0.05) is 140 Å². The maximum atomic E-state index is 6.43. The third-order valence-corrected chi connectivity index (χ3v) is 10.7. The summed E-state index contributed by atoms with van der Waals surface area (Å²) in [4.78, 5) is 15.1. The molecule has 0 aliphatic carbocycles. The van der Waals surface area contributed by atoms with E-state index in [1.54, 1.807) is 0 Å². The molecule has 0 spiro atoms. The normalized spacial score (nSPS) is 11.6. The summed E-state index contributed by atoms with van der Waals surface area (Å²) in [5.41, 5.74) is 12.4. The highest BCUT2D eigenvalue weighted by Crippen LogP contribution is 2.39. The summed E-state index contributed by atoms with van der Waals surface area (Å²) < 4.78 is 8.77. The lowest BCUT2D eigenvalue weighted by Crippen LogP contribution is -2.00. The number of para-hydroxylation sites is 3. The molecule has 0 atom stereocenters. The molecule has 8 aromatic carbocycles. The molecule has 3 heterocycles. The second-order valence-corrected chi connectivity index (χ2v) is 14.0. The second kappa shape index (κ2) is 13.0. The number of benzene rings is 8. The summed E-state index contributed by atoms with van der Waals surface area (Å²) >= 11 is 0. The third kappa shape index (κ3) is 5.37. The van der Waals surface area contributed by atoms with Crippen molar-refractivity contribution in [1.82, 2.24) is 19.5 Å². The first-order valence-electron chi connectivity index (χ1n) is 18.8. The van der Waals surface area contributed by atoms with Crippen LogP contribution in [-0.4, -0.2) is 19.5 Å². The van der Waals surface area contributed by atoms with Crippen LogP contribution in [0.1, 0.15) is 0 Å².